The van der Waals surface area contributed by atoms with Crippen LogP contribution in [0.15, 0.2) is 42.6 Å². The van der Waals surface area contributed by atoms with Crippen LogP contribution in [0.1, 0.15) is 46.3 Å². The van der Waals surface area contributed by atoms with Gasteiger partial charge in [0, 0.05) is 19.2 Å². The molecule has 1 amide bonds. The summed E-state index contributed by atoms with van der Waals surface area (Å²) < 4.78 is 17.9. The summed E-state index contributed by atoms with van der Waals surface area (Å²) in [6.45, 7) is 1.64. The summed E-state index contributed by atoms with van der Waals surface area (Å²) in [5, 5.41) is 8.58. The highest BCUT2D eigenvalue weighted by Gasteiger charge is 2.37. The van der Waals surface area contributed by atoms with Gasteiger partial charge in [0.05, 0.1) is 24.8 Å². The van der Waals surface area contributed by atoms with E-state index in [1.807, 2.05) is 41.1 Å². The number of amides is 1. The molecule has 0 radical (unpaired) electrons. The molecular weight excluding hydrogens is 335 g/mol. The van der Waals surface area contributed by atoms with E-state index in [1.165, 1.54) is 0 Å². The fourth-order valence-corrected chi connectivity index (χ4v) is 3.72. The number of benzene rings is 1. The van der Waals surface area contributed by atoms with Crippen LogP contribution in [0.3, 0.4) is 0 Å². The molecule has 0 spiro atoms. The normalized spacial score (nSPS) is 21.5. The van der Waals surface area contributed by atoms with E-state index in [-0.39, 0.29) is 23.6 Å². The maximum absolute atomic E-state index is 14.5. The van der Waals surface area contributed by atoms with Gasteiger partial charge >= 0.3 is 0 Å². The van der Waals surface area contributed by atoms with Gasteiger partial charge in [0.1, 0.15) is 0 Å². The summed E-state index contributed by atoms with van der Waals surface area (Å²) in [7, 11) is 0. The topological polar surface area (TPSA) is 68.8 Å². The maximum atomic E-state index is 14.5. The van der Waals surface area contributed by atoms with E-state index < -0.39 is 6.17 Å². The summed E-state index contributed by atoms with van der Waals surface area (Å²) in [4.78, 5) is 18.7. The van der Waals surface area contributed by atoms with Crippen molar-refractivity contribution in [2.75, 3.05) is 6.54 Å². The van der Waals surface area contributed by atoms with Crippen LogP contribution in [-0.2, 0) is 13.1 Å². The molecule has 0 saturated carbocycles. The zero-order valence-electron chi connectivity index (χ0n) is 14.0. The Bertz CT molecular complexity index is 965. The lowest BCUT2D eigenvalue weighted by molar-refractivity contribution is 0.0692. The van der Waals surface area contributed by atoms with E-state index in [2.05, 4.69) is 15.2 Å². The molecule has 7 nitrogen and oxygen atoms in total. The minimum Gasteiger partial charge on any atom is -0.328 e. The smallest absolute Gasteiger partial charge is 0.293 e. The molecule has 0 saturated heterocycles. The lowest BCUT2D eigenvalue weighted by Crippen LogP contribution is -2.39. The zero-order chi connectivity index (χ0) is 17.7. The standard InChI is InChI=1S/C18H17FN6O/c19-14-10-15(12-4-2-1-3-5-12)25-17(14)21-16(22-25)18(26)23-8-9-24-13(11-23)6-7-20-24/h1-7,14-15H,8-11H2/t14-,15-/m1/s1. The molecule has 8 heteroatoms. The number of rotatable bonds is 2. The average molecular weight is 352 g/mol. The van der Waals surface area contributed by atoms with Gasteiger partial charge in [-0.25, -0.2) is 14.1 Å². The minimum atomic E-state index is -1.21. The van der Waals surface area contributed by atoms with Gasteiger partial charge < -0.3 is 4.90 Å². The number of aromatic nitrogens is 5. The molecule has 0 bridgehead atoms. The van der Waals surface area contributed by atoms with Gasteiger partial charge in [-0.15, -0.1) is 5.10 Å². The van der Waals surface area contributed by atoms with Crippen molar-refractivity contribution in [2.45, 2.75) is 31.7 Å². The first kappa shape index (κ1) is 15.2. The highest BCUT2D eigenvalue weighted by Crippen LogP contribution is 2.39. The number of alkyl halides is 1. The number of carbonyl (C=O) groups is 1. The summed E-state index contributed by atoms with van der Waals surface area (Å²) >= 11 is 0. The summed E-state index contributed by atoms with van der Waals surface area (Å²) in [6, 6.07) is 11.3. The Morgan fingerprint density at radius 3 is 2.85 bits per heavy atom. The highest BCUT2D eigenvalue weighted by molar-refractivity contribution is 5.90. The maximum Gasteiger partial charge on any atom is 0.293 e. The van der Waals surface area contributed by atoms with Gasteiger partial charge in [-0.1, -0.05) is 30.3 Å². The van der Waals surface area contributed by atoms with E-state index in [4.69, 9.17) is 0 Å². The summed E-state index contributed by atoms with van der Waals surface area (Å²) in [5.41, 5.74) is 1.95. The Labute approximate surface area is 149 Å². The zero-order valence-corrected chi connectivity index (χ0v) is 14.0. The highest BCUT2D eigenvalue weighted by atomic mass is 19.1. The van der Waals surface area contributed by atoms with Gasteiger partial charge in [-0.2, -0.15) is 5.10 Å². The third kappa shape index (κ3) is 2.33. The van der Waals surface area contributed by atoms with Crippen LogP contribution in [0.2, 0.25) is 0 Å². The van der Waals surface area contributed by atoms with Gasteiger partial charge in [0.15, 0.2) is 12.0 Å². The van der Waals surface area contributed by atoms with Crippen LogP contribution >= 0.6 is 0 Å². The Balaban J connectivity index is 1.44. The van der Waals surface area contributed by atoms with Crippen molar-refractivity contribution >= 4 is 5.91 Å². The molecule has 5 rings (SSSR count). The van der Waals surface area contributed by atoms with E-state index in [0.717, 1.165) is 11.3 Å². The molecule has 4 heterocycles. The van der Waals surface area contributed by atoms with Gasteiger partial charge in [-0.05, 0) is 11.6 Å². The first-order valence-electron chi connectivity index (χ1n) is 8.66. The van der Waals surface area contributed by atoms with Crippen molar-refractivity contribution < 1.29 is 9.18 Å². The van der Waals surface area contributed by atoms with Crippen molar-refractivity contribution in [1.82, 2.24) is 29.4 Å². The first-order valence-corrected chi connectivity index (χ1v) is 8.66. The number of halogens is 1. The molecule has 0 fully saturated rings. The largest absolute Gasteiger partial charge is 0.328 e. The SMILES string of the molecule is O=C(c1nc2n(n1)[C@@H](c1ccccc1)C[C@H]2F)N1CCn2nccc2C1. The molecule has 3 aromatic rings. The van der Waals surface area contributed by atoms with Gasteiger partial charge in [-0.3, -0.25) is 9.48 Å². The average Bonchev–Trinajstić information content (AvgIpc) is 3.37. The number of fused-ring (bicyclic) bond motifs is 2. The van der Waals surface area contributed by atoms with E-state index >= 15 is 0 Å². The molecule has 0 aliphatic carbocycles. The van der Waals surface area contributed by atoms with Crippen LogP contribution in [0, 0.1) is 0 Å². The molecule has 2 aliphatic rings. The lowest BCUT2D eigenvalue weighted by Gasteiger charge is -2.26. The monoisotopic (exact) mass is 352 g/mol. The van der Waals surface area contributed by atoms with E-state index in [0.29, 0.717) is 26.1 Å². The summed E-state index contributed by atoms with van der Waals surface area (Å²) in [6.07, 6.45) is 0.818. The molecule has 1 aromatic carbocycles. The second kappa shape index (κ2) is 5.76. The molecular formula is C18H17FN6O. The predicted octanol–water partition coefficient (Wildman–Crippen LogP) is 2.13. The Morgan fingerprint density at radius 2 is 2.00 bits per heavy atom. The fraction of sp³-hybridized carbons (Fsp3) is 0.333. The van der Waals surface area contributed by atoms with Crippen LogP contribution in [0.25, 0.3) is 0 Å². The molecule has 26 heavy (non-hydrogen) atoms. The lowest BCUT2D eigenvalue weighted by atomic mass is 10.0. The number of nitrogens with zero attached hydrogens (tertiary/aromatic N) is 6. The molecule has 2 aromatic heterocycles. The quantitative estimate of drug-likeness (QED) is 0.709. The fourth-order valence-electron chi connectivity index (χ4n) is 3.72. The Morgan fingerprint density at radius 1 is 1.15 bits per heavy atom. The van der Waals surface area contributed by atoms with E-state index in [9.17, 15) is 9.18 Å². The Kier molecular flexibility index (Phi) is 3.37. The van der Waals surface area contributed by atoms with Crippen molar-refractivity contribution in [3.05, 3.63) is 65.5 Å². The second-order valence-corrected chi connectivity index (χ2v) is 6.64. The van der Waals surface area contributed by atoms with Crippen molar-refractivity contribution in [3.63, 3.8) is 0 Å². The number of hydrogen-bond acceptors (Lipinski definition) is 4. The second-order valence-electron chi connectivity index (χ2n) is 6.64. The Hall–Kier alpha value is -3.03. The van der Waals surface area contributed by atoms with E-state index in [1.54, 1.807) is 15.8 Å². The van der Waals surface area contributed by atoms with Crippen molar-refractivity contribution in [1.29, 1.82) is 0 Å². The van der Waals surface area contributed by atoms with Crippen LogP contribution in [0.4, 0.5) is 4.39 Å². The van der Waals surface area contributed by atoms with Gasteiger partial charge in [0.2, 0.25) is 5.82 Å². The van der Waals surface area contributed by atoms with Crippen molar-refractivity contribution in [2.24, 2.45) is 0 Å². The van der Waals surface area contributed by atoms with Gasteiger partial charge in [0.25, 0.3) is 5.91 Å². The molecule has 2 aliphatic heterocycles. The molecule has 2 atom stereocenters. The third-order valence-electron chi connectivity index (χ3n) is 5.07. The molecule has 0 unspecified atom stereocenters. The van der Waals surface area contributed by atoms with Crippen LogP contribution < -0.4 is 0 Å². The number of carbonyl (C=O) groups excluding carboxylic acids is 1. The molecule has 132 valence electrons. The minimum absolute atomic E-state index is 0.0660. The first-order chi connectivity index (χ1) is 12.7. The third-order valence-corrected chi connectivity index (χ3v) is 5.07. The molecule has 0 N–H and O–H groups in total. The van der Waals surface area contributed by atoms with Crippen LogP contribution in [-0.4, -0.2) is 41.9 Å². The summed E-state index contributed by atoms with van der Waals surface area (Å²) in [5.74, 6) is 0.0406. The number of hydrogen-bond donors (Lipinski definition) is 0. The van der Waals surface area contributed by atoms with Crippen LogP contribution in [0.5, 0.6) is 0 Å². The van der Waals surface area contributed by atoms with Crippen molar-refractivity contribution in [3.8, 4) is 0 Å². The predicted molar refractivity (Wildman–Crippen MR) is 90.0 cm³/mol.